The second-order valence-corrected chi connectivity index (χ2v) is 9.53. The minimum Gasteiger partial charge on any atom is -0.506 e. The average Bonchev–Trinajstić information content (AvgIpc) is 3.11. The number of nitro groups is 1. The Hall–Kier alpha value is -3.71. The van der Waals surface area contributed by atoms with Crippen LogP contribution in [0.15, 0.2) is 76.6 Å². The van der Waals surface area contributed by atoms with Crippen molar-refractivity contribution in [1.29, 1.82) is 0 Å². The van der Waals surface area contributed by atoms with E-state index >= 15 is 0 Å². The summed E-state index contributed by atoms with van der Waals surface area (Å²) in [7, 11) is 0. The molecule has 35 heavy (non-hydrogen) atoms. The Balaban J connectivity index is 1.73. The van der Waals surface area contributed by atoms with E-state index in [0.29, 0.717) is 16.4 Å². The first-order valence-corrected chi connectivity index (χ1v) is 12.0. The number of carboxylic acids is 1. The van der Waals surface area contributed by atoms with Crippen LogP contribution in [0.25, 0.3) is 6.08 Å². The van der Waals surface area contributed by atoms with Crippen molar-refractivity contribution in [2.24, 2.45) is 4.99 Å². The lowest BCUT2D eigenvalue weighted by molar-refractivity contribution is -0.385. The predicted molar refractivity (Wildman–Crippen MR) is 141 cm³/mol. The maximum absolute atomic E-state index is 13.3. The molecule has 9 nitrogen and oxygen atoms in total. The number of nitrogens with zero attached hydrogens (tertiary/aromatic N) is 3. The number of hydrogen-bond acceptors (Lipinski definition) is 7. The number of carboxylic acid groups (broad SMARTS) is 1. The smallest absolute Gasteiger partial charge is 0.335 e. The zero-order chi connectivity index (χ0) is 25.1. The molecule has 3 aromatic rings. The molecule has 0 saturated carbocycles. The summed E-state index contributed by atoms with van der Waals surface area (Å²) in [5, 5.41) is 31.2. The van der Waals surface area contributed by atoms with Gasteiger partial charge in [-0.15, -0.1) is 0 Å². The SMILES string of the molecule is O=C(O)c1ccc(CN2C(=O)/C(=C/c3cc([N+](=O)[O-])cc(I)c3O)SC2=Nc2ccccc2)cc1. The van der Waals surface area contributed by atoms with E-state index in [1.165, 1.54) is 35.2 Å². The highest BCUT2D eigenvalue weighted by Gasteiger charge is 2.34. The van der Waals surface area contributed by atoms with Crippen molar-refractivity contribution in [2.45, 2.75) is 6.54 Å². The fraction of sp³-hybridized carbons (Fsp3) is 0.0417. The first-order valence-electron chi connectivity index (χ1n) is 10.1. The molecule has 0 atom stereocenters. The van der Waals surface area contributed by atoms with E-state index in [0.717, 1.165) is 11.8 Å². The number of rotatable bonds is 6. The Morgan fingerprint density at radius 2 is 1.83 bits per heavy atom. The summed E-state index contributed by atoms with van der Waals surface area (Å²) in [5.74, 6) is -1.61. The number of para-hydroxylation sites is 1. The molecule has 0 aromatic heterocycles. The molecule has 0 radical (unpaired) electrons. The van der Waals surface area contributed by atoms with Gasteiger partial charge in [0.15, 0.2) is 5.17 Å². The Morgan fingerprint density at radius 3 is 2.46 bits per heavy atom. The molecule has 2 N–H and O–H groups in total. The third kappa shape index (κ3) is 5.52. The van der Waals surface area contributed by atoms with E-state index < -0.39 is 16.8 Å². The highest BCUT2D eigenvalue weighted by molar-refractivity contribution is 14.1. The monoisotopic (exact) mass is 601 g/mol. The zero-order valence-corrected chi connectivity index (χ0v) is 20.8. The number of nitro benzene ring substituents is 1. The largest absolute Gasteiger partial charge is 0.506 e. The molecular weight excluding hydrogens is 585 g/mol. The van der Waals surface area contributed by atoms with Gasteiger partial charge in [-0.3, -0.25) is 19.8 Å². The molecule has 0 bridgehead atoms. The number of phenolic OH excluding ortho intramolecular Hbond substituents is 1. The fourth-order valence-electron chi connectivity index (χ4n) is 3.24. The lowest BCUT2D eigenvalue weighted by Crippen LogP contribution is -2.28. The molecule has 0 unspecified atom stereocenters. The van der Waals surface area contributed by atoms with Crippen molar-refractivity contribution in [1.82, 2.24) is 4.90 Å². The van der Waals surface area contributed by atoms with Gasteiger partial charge in [0.2, 0.25) is 0 Å². The topological polar surface area (TPSA) is 133 Å². The van der Waals surface area contributed by atoms with Crippen LogP contribution in [0.4, 0.5) is 11.4 Å². The standard InChI is InChI=1S/C24H16IN3O6S/c25-19-12-18(28(33)34)10-16(21(19)29)11-20-22(30)27(13-14-6-8-15(9-7-14)23(31)32)24(35-20)26-17-4-2-1-3-5-17/h1-12,29H,13H2,(H,31,32)/b20-11-,26-24?. The molecule has 1 aliphatic rings. The van der Waals surface area contributed by atoms with Crippen LogP contribution in [0.5, 0.6) is 5.75 Å². The fourth-order valence-corrected chi connectivity index (χ4v) is 4.86. The molecule has 1 amide bonds. The van der Waals surface area contributed by atoms with Crippen LogP contribution in [0.1, 0.15) is 21.5 Å². The van der Waals surface area contributed by atoms with E-state index in [9.17, 15) is 24.8 Å². The van der Waals surface area contributed by atoms with Gasteiger partial charge in [-0.2, -0.15) is 0 Å². The summed E-state index contributed by atoms with van der Waals surface area (Å²) in [5.41, 5.74) is 1.39. The molecule has 176 valence electrons. The van der Waals surface area contributed by atoms with Gasteiger partial charge in [-0.1, -0.05) is 30.3 Å². The van der Waals surface area contributed by atoms with Gasteiger partial charge < -0.3 is 10.2 Å². The van der Waals surface area contributed by atoms with Crippen LogP contribution >= 0.6 is 34.4 Å². The van der Waals surface area contributed by atoms with Gasteiger partial charge in [-0.05, 0) is 70.3 Å². The second kappa shape index (κ2) is 10.3. The highest BCUT2D eigenvalue weighted by Crippen LogP contribution is 2.38. The van der Waals surface area contributed by atoms with Gasteiger partial charge in [0, 0.05) is 17.7 Å². The molecule has 11 heteroatoms. The number of carbonyl (C=O) groups is 2. The number of aromatic hydroxyl groups is 1. The molecule has 1 saturated heterocycles. The molecule has 1 aliphatic heterocycles. The van der Waals surface area contributed by atoms with Crippen LogP contribution in [0.3, 0.4) is 0 Å². The second-order valence-electron chi connectivity index (χ2n) is 7.36. The number of benzene rings is 3. The van der Waals surface area contributed by atoms with Crippen molar-refractivity contribution in [2.75, 3.05) is 0 Å². The quantitative estimate of drug-likeness (QED) is 0.167. The summed E-state index contributed by atoms with van der Waals surface area (Å²) in [6.45, 7) is 0.132. The van der Waals surface area contributed by atoms with E-state index in [4.69, 9.17) is 5.11 Å². The number of non-ortho nitro benzene ring substituents is 1. The van der Waals surface area contributed by atoms with E-state index in [-0.39, 0.29) is 37.6 Å². The number of aromatic carboxylic acids is 1. The Morgan fingerprint density at radius 1 is 1.14 bits per heavy atom. The van der Waals surface area contributed by atoms with E-state index in [1.807, 2.05) is 18.2 Å². The summed E-state index contributed by atoms with van der Waals surface area (Å²) in [6.07, 6.45) is 1.41. The van der Waals surface area contributed by atoms with Crippen molar-refractivity contribution in [3.8, 4) is 5.75 Å². The predicted octanol–water partition coefficient (Wildman–Crippen LogP) is 5.41. The van der Waals surface area contributed by atoms with Crippen molar-refractivity contribution in [3.63, 3.8) is 0 Å². The highest BCUT2D eigenvalue weighted by atomic mass is 127. The summed E-state index contributed by atoms with van der Waals surface area (Å²) >= 11 is 2.88. The first kappa shape index (κ1) is 24.4. The Kier molecular flexibility index (Phi) is 7.17. The summed E-state index contributed by atoms with van der Waals surface area (Å²) in [6, 6.07) is 17.7. The van der Waals surface area contributed by atoms with Gasteiger partial charge >= 0.3 is 5.97 Å². The Labute approximate surface area is 217 Å². The minimum absolute atomic E-state index is 0.130. The number of amidine groups is 1. The van der Waals surface area contributed by atoms with Crippen molar-refractivity contribution >= 4 is 68.8 Å². The third-order valence-electron chi connectivity index (χ3n) is 4.99. The molecular formula is C24H16IN3O6S. The van der Waals surface area contributed by atoms with Crippen molar-refractivity contribution in [3.05, 3.63) is 102 Å². The number of amides is 1. The summed E-state index contributed by atoms with van der Waals surface area (Å²) in [4.78, 5) is 41.4. The number of carbonyl (C=O) groups excluding carboxylic acids is 1. The van der Waals surface area contributed by atoms with Gasteiger partial charge in [0.05, 0.1) is 31.2 Å². The molecule has 1 fully saturated rings. The number of phenols is 1. The van der Waals surface area contributed by atoms with Crippen LogP contribution in [0, 0.1) is 13.7 Å². The van der Waals surface area contributed by atoms with Gasteiger partial charge in [0.1, 0.15) is 5.75 Å². The maximum Gasteiger partial charge on any atom is 0.335 e. The number of aliphatic imine (C=N–C) groups is 1. The van der Waals surface area contributed by atoms with Gasteiger partial charge in [-0.25, -0.2) is 9.79 Å². The number of thioether (sulfide) groups is 1. The van der Waals surface area contributed by atoms with Crippen LogP contribution in [-0.4, -0.2) is 37.1 Å². The van der Waals surface area contributed by atoms with Crippen LogP contribution < -0.4 is 0 Å². The van der Waals surface area contributed by atoms with Crippen LogP contribution in [0.2, 0.25) is 0 Å². The van der Waals surface area contributed by atoms with E-state index in [2.05, 4.69) is 4.99 Å². The molecule has 3 aromatic carbocycles. The lowest BCUT2D eigenvalue weighted by Gasteiger charge is -2.16. The molecule has 0 spiro atoms. The number of halogens is 1. The summed E-state index contributed by atoms with van der Waals surface area (Å²) < 4.78 is 0.285. The molecule has 0 aliphatic carbocycles. The van der Waals surface area contributed by atoms with E-state index in [1.54, 1.807) is 46.9 Å². The third-order valence-corrected chi connectivity index (χ3v) is 6.81. The van der Waals surface area contributed by atoms with Crippen molar-refractivity contribution < 1.29 is 24.7 Å². The Bertz CT molecular complexity index is 1390. The number of hydrogen-bond donors (Lipinski definition) is 2. The first-order chi connectivity index (χ1) is 16.7. The van der Waals surface area contributed by atoms with Gasteiger partial charge in [0.25, 0.3) is 11.6 Å². The maximum atomic E-state index is 13.3. The minimum atomic E-state index is -1.05. The lowest BCUT2D eigenvalue weighted by atomic mass is 10.1. The zero-order valence-electron chi connectivity index (χ0n) is 17.8. The normalized spacial score (nSPS) is 15.7. The molecule has 1 heterocycles. The van der Waals surface area contributed by atoms with Crippen LogP contribution in [-0.2, 0) is 11.3 Å². The average molecular weight is 601 g/mol. The molecule has 4 rings (SSSR count).